The normalized spacial score (nSPS) is 14.3. The van der Waals surface area contributed by atoms with Crippen LogP contribution in [0.5, 0.6) is 0 Å². The number of amides is 1. The Morgan fingerprint density at radius 2 is 1.85 bits per heavy atom. The molecule has 1 aliphatic rings. The predicted octanol–water partition coefficient (Wildman–Crippen LogP) is 3.10. The summed E-state index contributed by atoms with van der Waals surface area (Å²) in [4.78, 5) is 25.5. The molecule has 1 N–H and O–H groups in total. The van der Waals surface area contributed by atoms with Gasteiger partial charge in [0, 0.05) is 44.5 Å². The van der Waals surface area contributed by atoms with E-state index >= 15 is 0 Å². The van der Waals surface area contributed by atoms with E-state index in [0.29, 0.717) is 43.5 Å². The van der Waals surface area contributed by atoms with Crippen molar-refractivity contribution >= 4 is 17.4 Å². The third kappa shape index (κ3) is 4.93. The lowest BCUT2D eigenvalue weighted by atomic mass is 10.2. The molecule has 2 aromatic rings. The second-order valence-electron chi connectivity index (χ2n) is 6.72. The van der Waals surface area contributed by atoms with Gasteiger partial charge in [-0.25, -0.2) is 14.4 Å². The van der Waals surface area contributed by atoms with Crippen molar-refractivity contribution in [3.05, 3.63) is 47.7 Å². The summed E-state index contributed by atoms with van der Waals surface area (Å²) in [6.45, 7) is 7.40. The van der Waals surface area contributed by atoms with Crippen molar-refractivity contribution in [1.82, 2.24) is 14.9 Å². The molecular weight excluding hydrogens is 345 g/mol. The van der Waals surface area contributed by atoms with Gasteiger partial charge in [-0.1, -0.05) is 13.3 Å². The molecule has 27 heavy (non-hydrogen) atoms. The summed E-state index contributed by atoms with van der Waals surface area (Å²) in [5.74, 6) is 0.974. The number of halogens is 1. The van der Waals surface area contributed by atoms with E-state index in [0.717, 1.165) is 25.1 Å². The maximum Gasteiger partial charge on any atom is 0.272 e. The molecule has 0 aliphatic carbocycles. The van der Waals surface area contributed by atoms with Crippen LogP contribution in [0.1, 0.15) is 36.1 Å². The average Bonchev–Trinajstić information content (AvgIpc) is 2.68. The molecule has 1 aromatic carbocycles. The molecule has 0 bridgehead atoms. The van der Waals surface area contributed by atoms with Gasteiger partial charge in [0.1, 0.15) is 23.2 Å². The Hall–Kier alpha value is -2.70. The number of benzene rings is 1. The SMILES string of the molecule is CCCCNc1cc(C(=O)N2CCN(c3ccc(F)cc3)CC2)nc(C)n1. The topological polar surface area (TPSA) is 61.4 Å². The lowest BCUT2D eigenvalue weighted by Gasteiger charge is -2.36. The fourth-order valence-electron chi connectivity index (χ4n) is 3.14. The number of hydrogen-bond donors (Lipinski definition) is 1. The summed E-state index contributed by atoms with van der Waals surface area (Å²) < 4.78 is 13.1. The van der Waals surface area contributed by atoms with Gasteiger partial charge in [-0.05, 0) is 37.6 Å². The molecule has 0 unspecified atom stereocenters. The van der Waals surface area contributed by atoms with E-state index in [-0.39, 0.29) is 11.7 Å². The van der Waals surface area contributed by atoms with E-state index in [1.54, 1.807) is 25.1 Å². The maximum absolute atomic E-state index is 13.1. The summed E-state index contributed by atoms with van der Waals surface area (Å²) in [5.41, 5.74) is 1.40. The number of anilines is 2. The minimum atomic E-state index is -0.241. The van der Waals surface area contributed by atoms with Crippen LogP contribution >= 0.6 is 0 Å². The monoisotopic (exact) mass is 371 g/mol. The molecule has 0 radical (unpaired) electrons. The molecule has 2 heterocycles. The number of nitrogens with zero attached hydrogens (tertiary/aromatic N) is 4. The van der Waals surface area contributed by atoms with E-state index in [1.165, 1.54) is 12.1 Å². The first-order valence-corrected chi connectivity index (χ1v) is 9.46. The second kappa shape index (κ2) is 8.79. The third-order valence-corrected chi connectivity index (χ3v) is 4.65. The standard InChI is InChI=1S/C20H26FN5O/c1-3-4-9-22-19-14-18(23-15(2)24-19)20(27)26-12-10-25(11-13-26)17-7-5-16(21)6-8-17/h5-8,14H,3-4,9-13H2,1-2H3,(H,22,23,24). The number of carbonyl (C=O) groups is 1. The minimum absolute atomic E-state index is 0.0715. The van der Waals surface area contributed by atoms with Gasteiger partial charge in [0.15, 0.2) is 0 Å². The second-order valence-corrected chi connectivity index (χ2v) is 6.72. The molecule has 1 fully saturated rings. The molecule has 1 aromatic heterocycles. The van der Waals surface area contributed by atoms with Crippen molar-refractivity contribution in [1.29, 1.82) is 0 Å². The molecule has 7 heteroatoms. The van der Waals surface area contributed by atoms with Crippen molar-refractivity contribution < 1.29 is 9.18 Å². The molecule has 1 amide bonds. The number of nitrogens with one attached hydrogen (secondary N) is 1. The molecule has 1 aliphatic heterocycles. The van der Waals surface area contributed by atoms with Crippen molar-refractivity contribution in [2.24, 2.45) is 0 Å². The van der Waals surface area contributed by atoms with Gasteiger partial charge in [0.2, 0.25) is 0 Å². The van der Waals surface area contributed by atoms with Crippen molar-refractivity contribution in [3.63, 3.8) is 0 Å². The van der Waals surface area contributed by atoms with Crippen LogP contribution in [0.3, 0.4) is 0 Å². The highest BCUT2D eigenvalue weighted by molar-refractivity contribution is 5.93. The largest absolute Gasteiger partial charge is 0.370 e. The summed E-state index contributed by atoms with van der Waals surface area (Å²) in [6, 6.07) is 8.20. The van der Waals surface area contributed by atoms with Gasteiger partial charge in [-0.3, -0.25) is 4.79 Å². The average molecular weight is 371 g/mol. The fraction of sp³-hybridized carbons (Fsp3) is 0.450. The zero-order valence-electron chi connectivity index (χ0n) is 15.9. The zero-order valence-corrected chi connectivity index (χ0v) is 15.9. The summed E-state index contributed by atoms with van der Waals surface area (Å²) in [7, 11) is 0. The highest BCUT2D eigenvalue weighted by Gasteiger charge is 2.24. The Morgan fingerprint density at radius 3 is 2.52 bits per heavy atom. The van der Waals surface area contributed by atoms with Crippen molar-refractivity contribution in [3.8, 4) is 0 Å². The van der Waals surface area contributed by atoms with Crippen molar-refractivity contribution in [2.75, 3.05) is 42.9 Å². The van der Waals surface area contributed by atoms with Crippen LogP contribution in [0.4, 0.5) is 15.9 Å². The van der Waals surface area contributed by atoms with Crippen LogP contribution in [0.25, 0.3) is 0 Å². The Labute approximate surface area is 159 Å². The van der Waals surface area contributed by atoms with Gasteiger partial charge in [-0.15, -0.1) is 0 Å². The van der Waals surface area contributed by atoms with Crippen LogP contribution < -0.4 is 10.2 Å². The highest BCUT2D eigenvalue weighted by atomic mass is 19.1. The number of rotatable bonds is 6. The van der Waals surface area contributed by atoms with E-state index in [1.807, 2.05) is 4.90 Å². The Balaban J connectivity index is 1.62. The van der Waals surface area contributed by atoms with Gasteiger partial charge >= 0.3 is 0 Å². The van der Waals surface area contributed by atoms with E-state index in [2.05, 4.69) is 27.1 Å². The van der Waals surface area contributed by atoms with E-state index in [4.69, 9.17) is 0 Å². The fourth-order valence-corrected chi connectivity index (χ4v) is 3.14. The maximum atomic E-state index is 13.1. The molecule has 3 rings (SSSR count). The lowest BCUT2D eigenvalue weighted by molar-refractivity contribution is 0.0740. The molecule has 144 valence electrons. The van der Waals surface area contributed by atoms with Gasteiger partial charge < -0.3 is 15.1 Å². The Bertz CT molecular complexity index is 772. The predicted molar refractivity (Wildman–Crippen MR) is 105 cm³/mol. The van der Waals surface area contributed by atoms with Crippen LogP contribution in [-0.2, 0) is 0 Å². The number of piperazine rings is 1. The number of aryl methyl sites for hydroxylation is 1. The van der Waals surface area contributed by atoms with Gasteiger partial charge in [-0.2, -0.15) is 0 Å². The first kappa shape index (κ1) is 19.1. The number of hydrogen-bond acceptors (Lipinski definition) is 5. The lowest BCUT2D eigenvalue weighted by Crippen LogP contribution is -2.49. The highest BCUT2D eigenvalue weighted by Crippen LogP contribution is 2.18. The molecular formula is C20H26FN5O. The van der Waals surface area contributed by atoms with E-state index in [9.17, 15) is 9.18 Å². The van der Waals surface area contributed by atoms with Crippen LogP contribution in [-0.4, -0.2) is 53.5 Å². The molecule has 0 atom stereocenters. The third-order valence-electron chi connectivity index (χ3n) is 4.65. The minimum Gasteiger partial charge on any atom is -0.370 e. The Kier molecular flexibility index (Phi) is 6.21. The Morgan fingerprint density at radius 1 is 1.15 bits per heavy atom. The molecule has 0 spiro atoms. The zero-order chi connectivity index (χ0) is 19.2. The summed E-state index contributed by atoms with van der Waals surface area (Å²) in [5, 5.41) is 3.26. The first-order chi connectivity index (χ1) is 13.1. The van der Waals surface area contributed by atoms with Crippen molar-refractivity contribution in [2.45, 2.75) is 26.7 Å². The number of unbranched alkanes of at least 4 members (excludes halogenated alkanes) is 1. The quantitative estimate of drug-likeness (QED) is 0.791. The van der Waals surface area contributed by atoms with Gasteiger partial charge in [0.25, 0.3) is 5.91 Å². The first-order valence-electron chi connectivity index (χ1n) is 9.46. The van der Waals surface area contributed by atoms with Crippen LogP contribution in [0, 0.1) is 12.7 Å². The summed E-state index contributed by atoms with van der Waals surface area (Å²) in [6.07, 6.45) is 2.15. The number of aromatic nitrogens is 2. The molecule has 0 saturated carbocycles. The van der Waals surface area contributed by atoms with Crippen LogP contribution in [0.15, 0.2) is 30.3 Å². The molecule has 1 saturated heterocycles. The summed E-state index contributed by atoms with van der Waals surface area (Å²) >= 11 is 0. The molecule has 6 nitrogen and oxygen atoms in total. The van der Waals surface area contributed by atoms with Gasteiger partial charge in [0.05, 0.1) is 0 Å². The van der Waals surface area contributed by atoms with E-state index < -0.39 is 0 Å². The number of carbonyl (C=O) groups excluding carboxylic acids is 1. The smallest absolute Gasteiger partial charge is 0.272 e. The van der Waals surface area contributed by atoms with Crippen LogP contribution in [0.2, 0.25) is 0 Å².